The number of carbonyl (C=O) groups is 3. The van der Waals surface area contributed by atoms with Gasteiger partial charge in [-0.1, -0.05) is 6.92 Å². The van der Waals surface area contributed by atoms with Crippen molar-refractivity contribution in [3.63, 3.8) is 0 Å². The van der Waals surface area contributed by atoms with Gasteiger partial charge in [-0.2, -0.15) is 0 Å². The van der Waals surface area contributed by atoms with E-state index in [1.165, 1.54) is 36.3 Å². The first-order valence-electron chi connectivity index (χ1n) is 8.69. The smallest absolute Gasteiger partial charge is 0.337 e. The van der Waals surface area contributed by atoms with Crippen molar-refractivity contribution in [2.75, 3.05) is 25.5 Å². The van der Waals surface area contributed by atoms with E-state index < -0.39 is 47.5 Å². The number of amides is 2. The molecule has 6 nitrogen and oxygen atoms in total. The molecule has 0 aliphatic carbocycles. The Morgan fingerprint density at radius 2 is 1.59 bits per heavy atom. The minimum Gasteiger partial charge on any atom is -0.465 e. The summed E-state index contributed by atoms with van der Waals surface area (Å²) in [5, 5.41) is 2.13. The average molecular weight is 408 g/mol. The number of nitrogens with zero attached hydrogens (tertiary/aromatic N) is 1. The van der Waals surface area contributed by atoms with Crippen LogP contribution in [0.4, 0.5) is 18.9 Å². The van der Waals surface area contributed by atoms with Crippen molar-refractivity contribution in [1.29, 1.82) is 0 Å². The zero-order chi connectivity index (χ0) is 21.6. The highest BCUT2D eigenvalue weighted by atomic mass is 19.2. The van der Waals surface area contributed by atoms with Crippen LogP contribution < -0.4 is 5.32 Å². The topological polar surface area (TPSA) is 75.7 Å². The molecule has 154 valence electrons. The van der Waals surface area contributed by atoms with Gasteiger partial charge in [0.15, 0.2) is 17.5 Å². The molecule has 0 aliphatic rings. The lowest BCUT2D eigenvalue weighted by Gasteiger charge is -2.22. The van der Waals surface area contributed by atoms with Crippen molar-refractivity contribution in [3.05, 3.63) is 65.0 Å². The Balaban J connectivity index is 2.12. The number of hydrogen-bond acceptors (Lipinski definition) is 4. The van der Waals surface area contributed by atoms with Crippen LogP contribution in [-0.2, 0) is 9.53 Å². The fourth-order valence-corrected chi connectivity index (χ4v) is 2.56. The molecule has 0 bridgehead atoms. The first kappa shape index (κ1) is 21.9. The Labute approximate surface area is 165 Å². The Bertz CT molecular complexity index is 917. The predicted octanol–water partition coefficient (Wildman–Crippen LogP) is 3.38. The van der Waals surface area contributed by atoms with Gasteiger partial charge in [0.1, 0.15) is 6.54 Å². The third-order valence-electron chi connectivity index (χ3n) is 3.98. The van der Waals surface area contributed by atoms with Crippen molar-refractivity contribution < 1.29 is 32.3 Å². The number of ether oxygens (including phenoxy) is 1. The molecule has 0 spiro atoms. The lowest BCUT2D eigenvalue weighted by atomic mass is 10.1. The predicted molar refractivity (Wildman–Crippen MR) is 98.9 cm³/mol. The number of benzene rings is 2. The van der Waals surface area contributed by atoms with Gasteiger partial charge in [-0.15, -0.1) is 0 Å². The highest BCUT2D eigenvalue weighted by Gasteiger charge is 2.21. The lowest BCUT2D eigenvalue weighted by molar-refractivity contribution is -0.116. The van der Waals surface area contributed by atoms with Gasteiger partial charge in [0.05, 0.1) is 18.4 Å². The number of rotatable bonds is 7. The molecule has 0 aliphatic heterocycles. The van der Waals surface area contributed by atoms with Crippen molar-refractivity contribution in [2.24, 2.45) is 0 Å². The third kappa shape index (κ3) is 5.34. The molecule has 0 heterocycles. The van der Waals surface area contributed by atoms with Crippen molar-refractivity contribution in [3.8, 4) is 0 Å². The maximum atomic E-state index is 13.7. The second-order valence-electron chi connectivity index (χ2n) is 6.07. The first-order valence-corrected chi connectivity index (χ1v) is 8.69. The van der Waals surface area contributed by atoms with Crippen molar-refractivity contribution in [1.82, 2.24) is 4.90 Å². The van der Waals surface area contributed by atoms with Crippen molar-refractivity contribution in [2.45, 2.75) is 13.3 Å². The molecule has 0 fully saturated rings. The number of carbonyl (C=O) groups excluding carboxylic acids is 3. The lowest BCUT2D eigenvalue weighted by Crippen LogP contribution is -2.38. The summed E-state index contributed by atoms with van der Waals surface area (Å²) < 4.78 is 44.6. The summed E-state index contributed by atoms with van der Waals surface area (Å²) in [5.41, 5.74) is -0.0317. The second kappa shape index (κ2) is 9.72. The normalized spacial score (nSPS) is 10.4. The molecule has 0 atom stereocenters. The average Bonchev–Trinajstić information content (AvgIpc) is 2.73. The van der Waals surface area contributed by atoms with E-state index in [-0.39, 0.29) is 17.7 Å². The molecule has 2 aromatic carbocycles. The van der Waals surface area contributed by atoms with Crippen LogP contribution in [0.25, 0.3) is 0 Å². The summed E-state index contributed by atoms with van der Waals surface area (Å²) in [6.07, 6.45) is 0.540. The van der Waals surface area contributed by atoms with Gasteiger partial charge >= 0.3 is 5.97 Å². The van der Waals surface area contributed by atoms with Crippen molar-refractivity contribution >= 4 is 23.5 Å². The maximum absolute atomic E-state index is 13.7. The summed E-state index contributed by atoms with van der Waals surface area (Å²) in [7, 11) is 1.23. The molecule has 0 saturated heterocycles. The maximum Gasteiger partial charge on any atom is 0.337 e. The summed E-state index contributed by atoms with van der Waals surface area (Å²) in [6.45, 7) is 1.60. The number of nitrogens with one attached hydrogen (secondary N) is 1. The zero-order valence-corrected chi connectivity index (χ0v) is 15.8. The van der Waals surface area contributed by atoms with Crippen LogP contribution in [0.3, 0.4) is 0 Å². The molecular weight excluding hydrogens is 389 g/mol. The van der Waals surface area contributed by atoms with Gasteiger partial charge in [0, 0.05) is 12.1 Å². The van der Waals surface area contributed by atoms with Crippen LogP contribution in [-0.4, -0.2) is 42.9 Å². The van der Waals surface area contributed by atoms with E-state index in [1.807, 2.05) is 0 Å². The molecule has 2 aromatic rings. The van der Waals surface area contributed by atoms with Gasteiger partial charge in [-0.3, -0.25) is 9.59 Å². The fraction of sp³-hybridized carbons (Fsp3) is 0.250. The molecule has 0 radical (unpaired) electrons. The monoisotopic (exact) mass is 408 g/mol. The molecule has 0 unspecified atom stereocenters. The minimum atomic E-state index is -1.70. The highest BCUT2D eigenvalue weighted by molar-refractivity contribution is 6.00. The fourth-order valence-electron chi connectivity index (χ4n) is 2.56. The molecule has 0 saturated carbocycles. The van der Waals surface area contributed by atoms with Crippen LogP contribution in [0.1, 0.15) is 34.1 Å². The van der Waals surface area contributed by atoms with Crippen LogP contribution in [0.15, 0.2) is 36.4 Å². The summed E-state index contributed by atoms with van der Waals surface area (Å²) in [6, 6.07) is 7.25. The minimum absolute atomic E-state index is 0.227. The van der Waals surface area contributed by atoms with Crippen LogP contribution in [0.2, 0.25) is 0 Å². The van der Waals surface area contributed by atoms with E-state index in [4.69, 9.17) is 0 Å². The summed E-state index contributed by atoms with van der Waals surface area (Å²) in [5.74, 6) is -6.41. The molecule has 9 heteroatoms. The molecule has 0 aromatic heterocycles. The van der Waals surface area contributed by atoms with E-state index in [0.717, 1.165) is 6.07 Å². The number of halogens is 3. The third-order valence-corrected chi connectivity index (χ3v) is 3.98. The largest absolute Gasteiger partial charge is 0.465 e. The van der Waals surface area contributed by atoms with Crippen LogP contribution >= 0.6 is 0 Å². The van der Waals surface area contributed by atoms with Crippen LogP contribution in [0.5, 0.6) is 0 Å². The first-order chi connectivity index (χ1) is 13.8. The molecule has 1 N–H and O–H groups in total. The van der Waals surface area contributed by atoms with Gasteiger partial charge in [-0.25, -0.2) is 18.0 Å². The molecule has 29 heavy (non-hydrogen) atoms. The number of methoxy groups -OCH3 is 1. The Morgan fingerprint density at radius 1 is 0.966 bits per heavy atom. The standard InChI is InChI=1S/C20H19F3N2O4/c1-3-10-25(19(27)12-4-6-13(7-5-12)20(28)29-2)11-16(26)24-15-9-8-14(21)17(22)18(15)23/h4-9H,3,10-11H2,1-2H3,(H,24,26). The van der Waals surface area contributed by atoms with Gasteiger partial charge in [-0.05, 0) is 42.8 Å². The van der Waals surface area contributed by atoms with Crippen LogP contribution in [0, 0.1) is 17.5 Å². The number of hydrogen-bond donors (Lipinski definition) is 1. The SMILES string of the molecule is CCCN(CC(=O)Nc1ccc(F)c(F)c1F)C(=O)c1ccc(C(=O)OC)cc1. The number of anilines is 1. The van der Waals surface area contributed by atoms with Gasteiger partial charge in [0.25, 0.3) is 5.91 Å². The van der Waals surface area contributed by atoms with E-state index in [0.29, 0.717) is 12.5 Å². The zero-order valence-electron chi connectivity index (χ0n) is 15.8. The van der Waals surface area contributed by atoms with Gasteiger partial charge in [0.2, 0.25) is 5.91 Å². The molecular formula is C20H19F3N2O4. The molecule has 2 rings (SSSR count). The molecule has 2 amide bonds. The van der Waals surface area contributed by atoms with Gasteiger partial charge < -0.3 is 15.0 Å². The van der Waals surface area contributed by atoms with E-state index in [1.54, 1.807) is 6.92 Å². The highest BCUT2D eigenvalue weighted by Crippen LogP contribution is 2.19. The van der Waals surface area contributed by atoms with E-state index in [9.17, 15) is 27.6 Å². The Kier molecular flexibility index (Phi) is 7.35. The summed E-state index contributed by atoms with van der Waals surface area (Å²) >= 11 is 0. The second-order valence-corrected chi connectivity index (χ2v) is 6.07. The quantitative estimate of drug-likeness (QED) is 0.563. The van der Waals surface area contributed by atoms with E-state index >= 15 is 0 Å². The number of esters is 1. The Morgan fingerprint density at radius 3 is 2.17 bits per heavy atom. The van der Waals surface area contributed by atoms with E-state index in [2.05, 4.69) is 10.1 Å². The Hall–Kier alpha value is -3.36. The summed E-state index contributed by atoms with van der Waals surface area (Å²) in [4.78, 5) is 37.6.